The summed E-state index contributed by atoms with van der Waals surface area (Å²) in [6.07, 6.45) is -0.539. The van der Waals surface area contributed by atoms with E-state index in [2.05, 4.69) is 29.1 Å². The van der Waals surface area contributed by atoms with Crippen LogP contribution in [0.1, 0.15) is 64.6 Å². The molecule has 1 amide bonds. The molecule has 0 bridgehead atoms. The van der Waals surface area contributed by atoms with Gasteiger partial charge in [-0.05, 0) is 49.7 Å². The highest BCUT2D eigenvalue weighted by Gasteiger charge is 2.34. The van der Waals surface area contributed by atoms with Crippen molar-refractivity contribution < 1.29 is 18.0 Å². The minimum Gasteiger partial charge on any atom is -0.296 e. The largest absolute Gasteiger partial charge is 0.433 e. The molecule has 0 spiro atoms. The molecule has 1 unspecified atom stereocenters. The van der Waals surface area contributed by atoms with Crippen molar-refractivity contribution in [3.8, 4) is 0 Å². The Hall–Kier alpha value is -2.12. The SMILES string of the molecule is CC(C)CC(C)CC(=O)Nc1nc2ccc(C(F)(F)F)nc2n1C1CCC1. The lowest BCUT2D eigenvalue weighted by Gasteiger charge is -2.28. The topological polar surface area (TPSA) is 59.8 Å². The van der Waals surface area contributed by atoms with E-state index in [1.165, 1.54) is 6.07 Å². The van der Waals surface area contributed by atoms with Crippen LogP contribution in [0.4, 0.5) is 19.1 Å². The van der Waals surface area contributed by atoms with Gasteiger partial charge < -0.3 is 0 Å². The van der Waals surface area contributed by atoms with E-state index in [1.807, 2.05) is 6.92 Å². The highest BCUT2D eigenvalue weighted by Crippen LogP contribution is 2.38. The van der Waals surface area contributed by atoms with Crippen molar-refractivity contribution in [3.05, 3.63) is 17.8 Å². The Morgan fingerprint density at radius 1 is 1.26 bits per heavy atom. The van der Waals surface area contributed by atoms with Crippen LogP contribution in [0.5, 0.6) is 0 Å². The van der Waals surface area contributed by atoms with Gasteiger partial charge in [-0.15, -0.1) is 0 Å². The molecule has 2 aromatic rings. The molecule has 0 aromatic carbocycles. The van der Waals surface area contributed by atoms with Gasteiger partial charge in [-0.25, -0.2) is 9.97 Å². The number of imidazole rings is 1. The van der Waals surface area contributed by atoms with Gasteiger partial charge in [0.1, 0.15) is 11.2 Å². The Balaban J connectivity index is 1.89. The standard InChI is InChI=1S/C19H25F3N4O/c1-11(2)9-12(3)10-16(27)25-18-23-14-7-8-15(19(20,21)22)24-17(14)26(18)13-5-4-6-13/h7-8,11-13H,4-6,9-10H2,1-3H3,(H,23,25,27). The number of hydrogen-bond donors (Lipinski definition) is 1. The van der Waals surface area contributed by atoms with Crippen LogP contribution in [0.3, 0.4) is 0 Å². The van der Waals surface area contributed by atoms with E-state index < -0.39 is 11.9 Å². The zero-order valence-corrected chi connectivity index (χ0v) is 15.8. The summed E-state index contributed by atoms with van der Waals surface area (Å²) in [6, 6.07) is 2.27. The van der Waals surface area contributed by atoms with E-state index in [-0.39, 0.29) is 23.5 Å². The molecule has 0 aliphatic heterocycles. The molecule has 5 nitrogen and oxygen atoms in total. The molecule has 1 aliphatic rings. The molecule has 148 valence electrons. The van der Waals surface area contributed by atoms with Gasteiger partial charge in [0, 0.05) is 12.5 Å². The number of rotatable bonds is 6. The second-order valence-electron chi connectivity index (χ2n) is 7.91. The van der Waals surface area contributed by atoms with E-state index in [9.17, 15) is 18.0 Å². The van der Waals surface area contributed by atoms with Crippen LogP contribution < -0.4 is 5.32 Å². The van der Waals surface area contributed by atoms with Crippen LogP contribution in [0.25, 0.3) is 11.2 Å². The van der Waals surface area contributed by atoms with Crippen molar-refractivity contribution in [1.29, 1.82) is 0 Å². The molecule has 8 heteroatoms. The number of pyridine rings is 1. The number of aromatic nitrogens is 3. The molecule has 1 saturated carbocycles. The third kappa shape index (κ3) is 4.42. The average molecular weight is 382 g/mol. The van der Waals surface area contributed by atoms with Crippen molar-refractivity contribution in [1.82, 2.24) is 14.5 Å². The van der Waals surface area contributed by atoms with Gasteiger partial charge in [0.05, 0.1) is 0 Å². The number of nitrogens with one attached hydrogen (secondary N) is 1. The van der Waals surface area contributed by atoms with Gasteiger partial charge in [-0.1, -0.05) is 20.8 Å². The average Bonchev–Trinajstić information content (AvgIpc) is 2.81. The molecule has 1 N–H and O–H groups in total. The van der Waals surface area contributed by atoms with Gasteiger partial charge in [0.2, 0.25) is 11.9 Å². The fourth-order valence-corrected chi connectivity index (χ4v) is 3.59. The molecule has 0 saturated heterocycles. The molecule has 1 aliphatic carbocycles. The van der Waals surface area contributed by atoms with Crippen molar-refractivity contribution in [2.45, 2.75) is 65.1 Å². The molecule has 27 heavy (non-hydrogen) atoms. The lowest BCUT2D eigenvalue weighted by Crippen LogP contribution is -2.23. The summed E-state index contributed by atoms with van der Waals surface area (Å²) in [5.74, 6) is 0.845. The molecule has 1 atom stereocenters. The number of fused-ring (bicyclic) bond motifs is 1. The Labute approximate surface area is 156 Å². The normalized spacial score (nSPS) is 16.6. The van der Waals surface area contributed by atoms with Gasteiger partial charge in [-0.2, -0.15) is 13.2 Å². The summed E-state index contributed by atoms with van der Waals surface area (Å²) in [5.41, 5.74) is -0.403. The summed E-state index contributed by atoms with van der Waals surface area (Å²) in [6.45, 7) is 6.23. The van der Waals surface area contributed by atoms with E-state index in [4.69, 9.17) is 0 Å². The predicted octanol–water partition coefficient (Wildman–Crippen LogP) is 5.19. The van der Waals surface area contributed by atoms with Crippen LogP contribution in [-0.4, -0.2) is 20.4 Å². The minimum absolute atomic E-state index is 0.0226. The zero-order valence-electron chi connectivity index (χ0n) is 15.8. The van der Waals surface area contributed by atoms with Crippen LogP contribution >= 0.6 is 0 Å². The number of anilines is 1. The highest BCUT2D eigenvalue weighted by molar-refractivity contribution is 5.91. The highest BCUT2D eigenvalue weighted by atomic mass is 19.4. The number of halogens is 3. The first kappa shape index (κ1) is 19.6. The molecular weight excluding hydrogens is 357 g/mol. The first-order valence-corrected chi connectivity index (χ1v) is 9.41. The van der Waals surface area contributed by atoms with Gasteiger partial charge in [-0.3, -0.25) is 14.7 Å². The second kappa shape index (κ2) is 7.48. The summed E-state index contributed by atoms with van der Waals surface area (Å²) in [4.78, 5) is 20.6. The Bertz CT molecular complexity index is 824. The first-order chi connectivity index (χ1) is 12.6. The van der Waals surface area contributed by atoms with Crippen LogP contribution in [0.2, 0.25) is 0 Å². The van der Waals surface area contributed by atoms with E-state index in [0.29, 0.717) is 23.8 Å². The van der Waals surface area contributed by atoms with E-state index in [0.717, 1.165) is 31.7 Å². The number of carbonyl (C=O) groups is 1. The Morgan fingerprint density at radius 2 is 1.96 bits per heavy atom. The van der Waals surface area contributed by atoms with Crippen molar-refractivity contribution >= 4 is 23.0 Å². The number of nitrogens with zero attached hydrogens (tertiary/aromatic N) is 3. The monoisotopic (exact) mass is 382 g/mol. The molecule has 2 aromatic heterocycles. The van der Waals surface area contributed by atoms with E-state index >= 15 is 0 Å². The third-order valence-corrected chi connectivity index (χ3v) is 4.93. The predicted molar refractivity (Wildman–Crippen MR) is 97.3 cm³/mol. The third-order valence-electron chi connectivity index (χ3n) is 4.93. The molecular formula is C19H25F3N4O. The van der Waals surface area contributed by atoms with Crippen LogP contribution in [0, 0.1) is 11.8 Å². The maximum atomic E-state index is 13.0. The van der Waals surface area contributed by atoms with Crippen molar-refractivity contribution in [2.24, 2.45) is 11.8 Å². The minimum atomic E-state index is -4.52. The zero-order chi connectivity index (χ0) is 19.8. The van der Waals surface area contributed by atoms with Crippen molar-refractivity contribution in [2.75, 3.05) is 5.32 Å². The van der Waals surface area contributed by atoms with Crippen LogP contribution in [0.15, 0.2) is 12.1 Å². The second-order valence-corrected chi connectivity index (χ2v) is 7.91. The van der Waals surface area contributed by atoms with E-state index in [1.54, 1.807) is 4.57 Å². The summed E-state index contributed by atoms with van der Waals surface area (Å²) >= 11 is 0. The summed E-state index contributed by atoms with van der Waals surface area (Å²) in [7, 11) is 0. The Morgan fingerprint density at radius 3 is 2.52 bits per heavy atom. The van der Waals surface area contributed by atoms with Gasteiger partial charge >= 0.3 is 6.18 Å². The van der Waals surface area contributed by atoms with Gasteiger partial charge in [0.15, 0.2) is 5.65 Å². The lowest BCUT2D eigenvalue weighted by molar-refractivity contribution is -0.141. The molecule has 0 radical (unpaired) electrons. The summed E-state index contributed by atoms with van der Waals surface area (Å²) < 4.78 is 40.8. The smallest absolute Gasteiger partial charge is 0.296 e. The molecule has 2 heterocycles. The lowest BCUT2D eigenvalue weighted by atomic mass is 9.93. The fourth-order valence-electron chi connectivity index (χ4n) is 3.59. The van der Waals surface area contributed by atoms with Crippen molar-refractivity contribution in [3.63, 3.8) is 0 Å². The number of alkyl halides is 3. The number of carbonyl (C=O) groups excluding carboxylic acids is 1. The fraction of sp³-hybridized carbons (Fsp3) is 0.632. The maximum absolute atomic E-state index is 13.0. The molecule has 1 fully saturated rings. The van der Waals surface area contributed by atoms with Gasteiger partial charge in [0.25, 0.3) is 0 Å². The summed E-state index contributed by atoms with van der Waals surface area (Å²) in [5, 5.41) is 2.80. The van der Waals surface area contributed by atoms with Crippen LogP contribution in [-0.2, 0) is 11.0 Å². The molecule has 3 rings (SSSR count). The first-order valence-electron chi connectivity index (χ1n) is 9.41. The quantitative estimate of drug-likeness (QED) is 0.748. The Kier molecular flexibility index (Phi) is 5.44. The number of amides is 1. The maximum Gasteiger partial charge on any atom is 0.433 e. The number of hydrogen-bond acceptors (Lipinski definition) is 3.